The Hall–Kier alpha value is -1.85. The smallest absolute Gasteiger partial charge is 0.303 e. The molecule has 1 atom stereocenters. The van der Waals surface area contributed by atoms with Gasteiger partial charge >= 0.3 is 5.97 Å². The number of hydrogen-bond acceptors (Lipinski definition) is 2. The van der Waals surface area contributed by atoms with Crippen molar-refractivity contribution in [3.8, 4) is 0 Å². The van der Waals surface area contributed by atoms with Crippen LogP contribution in [0.2, 0.25) is 5.02 Å². The van der Waals surface area contributed by atoms with Gasteiger partial charge in [-0.25, -0.2) is 4.39 Å². The molecule has 0 fully saturated rings. The van der Waals surface area contributed by atoms with E-state index in [1.807, 2.05) is 24.3 Å². The first-order chi connectivity index (χ1) is 12.4. The molecule has 1 aliphatic rings. The Morgan fingerprint density at radius 3 is 2.77 bits per heavy atom. The number of hydrogen-bond donors (Lipinski definition) is 0. The summed E-state index contributed by atoms with van der Waals surface area (Å²) in [5.74, 6) is -0.594. The average Bonchev–Trinajstić information content (AvgIpc) is 3.09. The number of aromatic nitrogens is 1. The van der Waals surface area contributed by atoms with Crippen molar-refractivity contribution in [1.29, 1.82) is 0 Å². The number of carbonyl (C=O) groups is 1. The normalized spacial score (nSPS) is 16.1. The van der Waals surface area contributed by atoms with Crippen LogP contribution in [0.25, 0.3) is 10.9 Å². The Morgan fingerprint density at radius 2 is 2.08 bits per heavy atom. The van der Waals surface area contributed by atoms with E-state index in [1.54, 1.807) is 6.07 Å². The van der Waals surface area contributed by atoms with E-state index in [9.17, 15) is 9.18 Å². The highest BCUT2D eigenvalue weighted by molar-refractivity contribution is 9.10. The van der Waals surface area contributed by atoms with Crippen molar-refractivity contribution in [3.63, 3.8) is 0 Å². The lowest BCUT2D eigenvalue weighted by atomic mass is 10.1. The van der Waals surface area contributed by atoms with Crippen molar-refractivity contribution in [1.82, 2.24) is 4.57 Å². The van der Waals surface area contributed by atoms with Crippen LogP contribution in [0.3, 0.4) is 0 Å². The van der Waals surface area contributed by atoms with E-state index in [1.165, 1.54) is 13.0 Å². The predicted octanol–water partition coefficient (Wildman–Crippen LogP) is 5.80. The topological polar surface area (TPSA) is 31.2 Å². The second-order valence-electron chi connectivity index (χ2n) is 6.50. The van der Waals surface area contributed by atoms with Gasteiger partial charge in [-0.05, 0) is 64.2 Å². The van der Waals surface area contributed by atoms with Crippen LogP contribution >= 0.6 is 27.5 Å². The van der Waals surface area contributed by atoms with Gasteiger partial charge in [0.15, 0.2) is 0 Å². The Kier molecular flexibility index (Phi) is 4.53. The van der Waals surface area contributed by atoms with Gasteiger partial charge in [0.05, 0.1) is 11.2 Å². The lowest BCUT2D eigenvalue weighted by Gasteiger charge is -2.17. The lowest BCUT2D eigenvalue weighted by Crippen LogP contribution is -2.12. The van der Waals surface area contributed by atoms with Crippen LogP contribution in [0.15, 0.2) is 40.9 Å². The van der Waals surface area contributed by atoms with Gasteiger partial charge < -0.3 is 9.30 Å². The molecule has 0 spiro atoms. The molecule has 0 radical (unpaired) electrons. The zero-order chi connectivity index (χ0) is 18.4. The maximum Gasteiger partial charge on any atom is 0.303 e. The number of esters is 1. The number of fused-ring (bicyclic) bond motifs is 3. The molecule has 6 heteroatoms. The molecular formula is C20H16BrClFNO2. The van der Waals surface area contributed by atoms with Gasteiger partial charge in [0, 0.05) is 28.4 Å². The van der Waals surface area contributed by atoms with Gasteiger partial charge in [0.2, 0.25) is 0 Å². The van der Waals surface area contributed by atoms with Crippen LogP contribution < -0.4 is 0 Å². The van der Waals surface area contributed by atoms with Crippen LogP contribution in [0, 0.1) is 5.82 Å². The number of nitrogens with zero attached hydrogens (tertiary/aromatic N) is 1. The quantitative estimate of drug-likeness (QED) is 0.486. The minimum absolute atomic E-state index is 0.285. The highest BCUT2D eigenvalue weighted by Gasteiger charge is 2.33. The van der Waals surface area contributed by atoms with Gasteiger partial charge in [-0.2, -0.15) is 0 Å². The summed E-state index contributed by atoms with van der Waals surface area (Å²) in [7, 11) is 0. The molecule has 0 saturated carbocycles. The summed E-state index contributed by atoms with van der Waals surface area (Å²) < 4.78 is 22.4. The van der Waals surface area contributed by atoms with Gasteiger partial charge in [0.25, 0.3) is 0 Å². The molecule has 3 nitrogen and oxygen atoms in total. The monoisotopic (exact) mass is 435 g/mol. The fraction of sp³-hybridized carbons (Fsp3) is 0.250. The maximum atomic E-state index is 14.0. The van der Waals surface area contributed by atoms with Crippen molar-refractivity contribution in [2.24, 2.45) is 0 Å². The Balaban J connectivity index is 1.91. The van der Waals surface area contributed by atoms with E-state index in [0.29, 0.717) is 16.0 Å². The van der Waals surface area contributed by atoms with Crippen molar-refractivity contribution in [3.05, 3.63) is 68.5 Å². The Labute approximate surface area is 163 Å². The second kappa shape index (κ2) is 6.71. The molecule has 0 N–H and O–H groups in total. The van der Waals surface area contributed by atoms with E-state index in [-0.39, 0.29) is 17.9 Å². The van der Waals surface area contributed by atoms with E-state index < -0.39 is 0 Å². The van der Waals surface area contributed by atoms with Gasteiger partial charge in [-0.1, -0.05) is 23.7 Å². The van der Waals surface area contributed by atoms with Crippen LogP contribution in [0.5, 0.6) is 0 Å². The summed E-state index contributed by atoms with van der Waals surface area (Å²) in [5, 5.41) is 1.55. The predicted molar refractivity (Wildman–Crippen MR) is 103 cm³/mol. The summed E-state index contributed by atoms with van der Waals surface area (Å²) in [6.07, 6.45) is 1.17. The van der Waals surface area contributed by atoms with Crippen molar-refractivity contribution >= 4 is 44.4 Å². The molecular weight excluding hydrogens is 421 g/mol. The molecule has 1 aromatic heterocycles. The summed E-state index contributed by atoms with van der Waals surface area (Å²) in [5.41, 5.74) is 4.00. The molecule has 0 saturated heterocycles. The molecule has 0 amide bonds. The SMILES string of the molecule is CC(=O)OC1CCc2c1n(Cc1ccc(Cl)cc1)c1c(Br)cc(F)cc21. The third kappa shape index (κ3) is 3.03. The number of carbonyl (C=O) groups excluding carboxylic acids is 1. The van der Waals surface area contributed by atoms with Crippen LogP contribution in [0.4, 0.5) is 4.39 Å². The van der Waals surface area contributed by atoms with Gasteiger partial charge in [-0.15, -0.1) is 0 Å². The largest absolute Gasteiger partial charge is 0.456 e. The number of benzene rings is 2. The first-order valence-electron chi connectivity index (χ1n) is 8.35. The van der Waals surface area contributed by atoms with Crippen molar-refractivity contribution in [2.75, 3.05) is 0 Å². The van der Waals surface area contributed by atoms with E-state index >= 15 is 0 Å². The standard InChI is InChI=1S/C20H16BrClFNO2/c1-11(25)26-18-7-6-15-16-8-14(23)9-17(21)19(16)24(20(15)18)10-12-2-4-13(22)5-3-12/h2-5,8-9,18H,6-7,10H2,1H3. The van der Waals surface area contributed by atoms with Crippen LogP contribution in [-0.2, 0) is 22.5 Å². The molecule has 0 aliphatic heterocycles. The fourth-order valence-electron chi connectivity index (χ4n) is 3.79. The maximum absolute atomic E-state index is 14.0. The number of ether oxygens (including phenoxy) is 1. The van der Waals surface area contributed by atoms with E-state index in [4.69, 9.17) is 16.3 Å². The average molecular weight is 437 g/mol. The van der Waals surface area contributed by atoms with Crippen LogP contribution in [-0.4, -0.2) is 10.5 Å². The molecule has 134 valence electrons. The van der Waals surface area contributed by atoms with Crippen LogP contribution in [0.1, 0.15) is 36.3 Å². The number of rotatable bonds is 3. The number of aryl methyl sites for hydroxylation is 1. The first-order valence-corrected chi connectivity index (χ1v) is 9.53. The molecule has 0 bridgehead atoms. The Bertz CT molecular complexity index is 1010. The molecule has 1 unspecified atom stereocenters. The zero-order valence-corrected chi connectivity index (χ0v) is 16.4. The van der Waals surface area contributed by atoms with Crippen molar-refractivity contribution in [2.45, 2.75) is 32.4 Å². The minimum Gasteiger partial charge on any atom is -0.456 e. The summed E-state index contributed by atoms with van der Waals surface area (Å²) in [4.78, 5) is 11.5. The first kappa shape index (κ1) is 17.6. The van der Waals surface area contributed by atoms with Crippen molar-refractivity contribution < 1.29 is 13.9 Å². The third-order valence-corrected chi connectivity index (χ3v) is 5.60. The molecule has 1 aliphatic carbocycles. The summed E-state index contributed by atoms with van der Waals surface area (Å²) >= 11 is 9.50. The Morgan fingerprint density at radius 1 is 1.35 bits per heavy atom. The van der Waals surface area contributed by atoms with E-state index in [2.05, 4.69) is 20.5 Å². The minimum atomic E-state index is -0.309. The highest BCUT2D eigenvalue weighted by atomic mass is 79.9. The third-order valence-electron chi connectivity index (χ3n) is 4.75. The molecule has 1 heterocycles. The zero-order valence-electron chi connectivity index (χ0n) is 14.1. The highest BCUT2D eigenvalue weighted by Crippen LogP contribution is 2.43. The fourth-order valence-corrected chi connectivity index (χ4v) is 4.56. The molecule has 2 aromatic carbocycles. The molecule has 3 aromatic rings. The van der Waals surface area contributed by atoms with E-state index in [0.717, 1.165) is 40.6 Å². The molecule has 26 heavy (non-hydrogen) atoms. The lowest BCUT2D eigenvalue weighted by molar-refractivity contribution is -0.146. The summed E-state index contributed by atoms with van der Waals surface area (Å²) in [6.45, 7) is 2.00. The summed E-state index contributed by atoms with van der Waals surface area (Å²) in [6, 6.07) is 10.7. The van der Waals surface area contributed by atoms with Gasteiger partial charge in [-0.3, -0.25) is 4.79 Å². The molecule has 4 rings (SSSR count). The number of halogens is 3. The second-order valence-corrected chi connectivity index (χ2v) is 7.79. The van der Waals surface area contributed by atoms with Gasteiger partial charge in [0.1, 0.15) is 11.9 Å².